The molecule has 0 bridgehead atoms. The number of amides is 1. The molecule has 0 saturated carbocycles. The molecular weight excluding hydrogens is 282 g/mol. The van der Waals surface area contributed by atoms with Crippen LogP contribution in [0.25, 0.3) is 0 Å². The van der Waals surface area contributed by atoms with Crippen molar-refractivity contribution in [2.45, 2.75) is 38.8 Å². The summed E-state index contributed by atoms with van der Waals surface area (Å²) in [5, 5.41) is 12.0. The van der Waals surface area contributed by atoms with E-state index >= 15 is 0 Å². The molecule has 0 aromatic heterocycles. The van der Waals surface area contributed by atoms with Crippen LogP contribution in [0.15, 0.2) is 24.3 Å². The zero-order valence-electron chi connectivity index (χ0n) is 11.6. The quantitative estimate of drug-likeness (QED) is 0.893. The highest BCUT2D eigenvalue weighted by Gasteiger charge is 2.22. The Morgan fingerprint density at radius 3 is 2.30 bits per heavy atom. The molecule has 1 aromatic carbocycles. The van der Waals surface area contributed by atoms with Gasteiger partial charge in [0.15, 0.2) is 0 Å². The summed E-state index contributed by atoms with van der Waals surface area (Å²) in [7, 11) is 0. The predicted octanol–water partition coefficient (Wildman–Crippen LogP) is 3.38. The second-order valence-electron chi connectivity index (χ2n) is 5.35. The number of carbonyl (C=O) groups excluding carboxylic acids is 1. The van der Waals surface area contributed by atoms with Crippen LogP contribution in [0.2, 0.25) is 5.02 Å². The maximum Gasteiger partial charge on any atom is 0.408 e. The number of rotatable bonds is 4. The fourth-order valence-electron chi connectivity index (χ4n) is 1.57. The Bertz CT molecular complexity index is 479. The summed E-state index contributed by atoms with van der Waals surface area (Å²) in [5.41, 5.74) is 0.0142. The molecule has 0 spiro atoms. The van der Waals surface area contributed by atoms with Gasteiger partial charge < -0.3 is 15.2 Å². The Labute approximate surface area is 122 Å². The molecule has 6 heteroatoms. The number of alkyl carbamates (subject to hydrolysis) is 1. The van der Waals surface area contributed by atoms with Crippen molar-refractivity contribution in [3.63, 3.8) is 0 Å². The molecule has 0 saturated heterocycles. The van der Waals surface area contributed by atoms with E-state index in [9.17, 15) is 9.59 Å². The zero-order chi connectivity index (χ0) is 15.3. The van der Waals surface area contributed by atoms with Crippen LogP contribution in [-0.4, -0.2) is 22.8 Å². The van der Waals surface area contributed by atoms with Crippen LogP contribution in [0.4, 0.5) is 4.79 Å². The lowest BCUT2D eigenvalue weighted by atomic mass is 10.0. The van der Waals surface area contributed by atoms with E-state index in [-0.39, 0.29) is 6.42 Å². The number of benzene rings is 1. The molecule has 5 nitrogen and oxygen atoms in total. The Hall–Kier alpha value is -1.75. The van der Waals surface area contributed by atoms with Crippen molar-refractivity contribution in [3.05, 3.63) is 34.9 Å². The number of carboxylic acid groups (broad SMARTS) is 1. The van der Waals surface area contributed by atoms with Crippen molar-refractivity contribution in [2.75, 3.05) is 0 Å². The Kier molecular flexibility index (Phi) is 5.39. The average molecular weight is 300 g/mol. The summed E-state index contributed by atoms with van der Waals surface area (Å²) < 4.78 is 5.13. The molecule has 0 aliphatic rings. The fraction of sp³-hybridized carbons (Fsp3) is 0.429. The molecule has 1 aromatic rings. The van der Waals surface area contributed by atoms with Gasteiger partial charge in [-0.1, -0.05) is 23.7 Å². The first kappa shape index (κ1) is 16.3. The van der Waals surface area contributed by atoms with Crippen molar-refractivity contribution in [1.82, 2.24) is 5.32 Å². The maximum absolute atomic E-state index is 11.7. The smallest absolute Gasteiger partial charge is 0.408 e. The highest BCUT2D eigenvalue weighted by Crippen LogP contribution is 2.20. The molecule has 2 N–H and O–H groups in total. The van der Waals surface area contributed by atoms with Crippen molar-refractivity contribution < 1.29 is 19.4 Å². The summed E-state index contributed by atoms with van der Waals surface area (Å²) in [6.07, 6.45) is -0.889. The summed E-state index contributed by atoms with van der Waals surface area (Å²) in [6, 6.07) is 5.96. The average Bonchev–Trinajstić information content (AvgIpc) is 2.25. The number of aliphatic carboxylic acids is 1. The number of carbonyl (C=O) groups is 2. The van der Waals surface area contributed by atoms with Gasteiger partial charge >= 0.3 is 12.1 Å². The van der Waals surface area contributed by atoms with Crippen LogP contribution in [0.1, 0.15) is 38.8 Å². The van der Waals surface area contributed by atoms with Crippen LogP contribution >= 0.6 is 11.6 Å². The van der Waals surface area contributed by atoms with E-state index in [1.54, 1.807) is 45.0 Å². The van der Waals surface area contributed by atoms with Gasteiger partial charge in [0.1, 0.15) is 5.60 Å². The normalized spacial score (nSPS) is 12.6. The van der Waals surface area contributed by atoms with Crippen molar-refractivity contribution >= 4 is 23.7 Å². The second-order valence-corrected chi connectivity index (χ2v) is 5.78. The molecule has 110 valence electrons. The van der Waals surface area contributed by atoms with Crippen molar-refractivity contribution in [3.8, 4) is 0 Å². The largest absolute Gasteiger partial charge is 0.481 e. The van der Waals surface area contributed by atoms with Gasteiger partial charge in [0.05, 0.1) is 12.5 Å². The molecular formula is C14H18ClNO4. The van der Waals surface area contributed by atoms with Gasteiger partial charge in [-0.3, -0.25) is 4.79 Å². The van der Waals surface area contributed by atoms with E-state index in [0.29, 0.717) is 10.6 Å². The fourth-order valence-corrected chi connectivity index (χ4v) is 1.70. The van der Waals surface area contributed by atoms with Crippen molar-refractivity contribution in [1.29, 1.82) is 0 Å². The lowest BCUT2D eigenvalue weighted by Gasteiger charge is -2.23. The van der Waals surface area contributed by atoms with E-state index in [0.717, 1.165) is 0 Å². The predicted molar refractivity (Wildman–Crippen MR) is 75.8 cm³/mol. The molecule has 0 aliphatic carbocycles. The molecule has 20 heavy (non-hydrogen) atoms. The topological polar surface area (TPSA) is 75.6 Å². The van der Waals surface area contributed by atoms with Gasteiger partial charge in [0, 0.05) is 5.02 Å². The van der Waals surface area contributed by atoms with Crippen LogP contribution in [0.5, 0.6) is 0 Å². The number of halogens is 1. The Morgan fingerprint density at radius 1 is 1.30 bits per heavy atom. The summed E-state index contributed by atoms with van der Waals surface area (Å²) in [4.78, 5) is 22.6. The summed E-state index contributed by atoms with van der Waals surface area (Å²) in [5.74, 6) is -1.01. The monoisotopic (exact) mass is 299 g/mol. The van der Waals surface area contributed by atoms with E-state index in [1.807, 2.05) is 0 Å². The third-order valence-corrected chi connectivity index (χ3v) is 2.59. The minimum atomic E-state index is -1.01. The molecule has 0 radical (unpaired) electrons. The van der Waals surface area contributed by atoms with Gasteiger partial charge in [-0.25, -0.2) is 4.79 Å². The van der Waals surface area contributed by atoms with Crippen LogP contribution < -0.4 is 5.32 Å². The summed E-state index contributed by atoms with van der Waals surface area (Å²) >= 11 is 5.79. The Morgan fingerprint density at radius 2 is 1.85 bits per heavy atom. The second kappa shape index (κ2) is 6.61. The molecule has 0 aliphatic heterocycles. The first-order valence-corrected chi connectivity index (χ1v) is 6.52. The third-order valence-electron chi connectivity index (χ3n) is 2.34. The molecule has 0 unspecified atom stereocenters. The number of carboxylic acids is 1. The molecule has 1 rings (SSSR count). The van der Waals surface area contributed by atoms with E-state index < -0.39 is 23.7 Å². The summed E-state index contributed by atoms with van der Waals surface area (Å²) in [6.45, 7) is 5.21. The number of nitrogens with one attached hydrogen (secondary N) is 1. The number of hydrogen-bond acceptors (Lipinski definition) is 3. The van der Waals surface area contributed by atoms with E-state index in [1.165, 1.54) is 0 Å². The first-order chi connectivity index (χ1) is 9.17. The molecule has 0 heterocycles. The van der Waals surface area contributed by atoms with Crippen LogP contribution in [-0.2, 0) is 9.53 Å². The lowest BCUT2D eigenvalue weighted by molar-refractivity contribution is -0.137. The number of ether oxygens (including phenoxy) is 1. The van der Waals surface area contributed by atoms with Gasteiger partial charge in [0.2, 0.25) is 0 Å². The van der Waals surface area contributed by atoms with Gasteiger partial charge in [-0.05, 0) is 38.5 Å². The highest BCUT2D eigenvalue weighted by atomic mass is 35.5. The Balaban J connectivity index is 2.82. The van der Waals surface area contributed by atoms with Gasteiger partial charge in [-0.2, -0.15) is 0 Å². The van der Waals surface area contributed by atoms with Crippen LogP contribution in [0.3, 0.4) is 0 Å². The zero-order valence-corrected chi connectivity index (χ0v) is 12.4. The van der Waals surface area contributed by atoms with E-state index in [2.05, 4.69) is 5.32 Å². The minimum Gasteiger partial charge on any atom is -0.481 e. The van der Waals surface area contributed by atoms with E-state index in [4.69, 9.17) is 21.4 Å². The first-order valence-electron chi connectivity index (χ1n) is 6.14. The highest BCUT2D eigenvalue weighted by molar-refractivity contribution is 6.30. The van der Waals surface area contributed by atoms with Gasteiger partial charge in [0.25, 0.3) is 0 Å². The number of hydrogen-bond donors (Lipinski definition) is 2. The van der Waals surface area contributed by atoms with Crippen LogP contribution in [0, 0.1) is 0 Å². The van der Waals surface area contributed by atoms with Crippen molar-refractivity contribution in [2.24, 2.45) is 0 Å². The SMILES string of the molecule is CC(C)(C)OC(=O)N[C@@H](CC(=O)O)c1ccc(Cl)cc1. The third kappa shape index (κ3) is 5.93. The standard InChI is InChI=1S/C14H18ClNO4/c1-14(2,3)20-13(19)16-11(8-12(17)18)9-4-6-10(15)7-5-9/h4-7,11H,8H2,1-3H3,(H,16,19)(H,17,18)/t11-/m0/s1. The maximum atomic E-state index is 11.7. The lowest BCUT2D eigenvalue weighted by Crippen LogP contribution is -2.35. The molecule has 1 amide bonds. The molecule has 0 fully saturated rings. The molecule has 1 atom stereocenters. The van der Waals surface area contributed by atoms with Gasteiger partial charge in [-0.15, -0.1) is 0 Å². The minimum absolute atomic E-state index is 0.235.